The van der Waals surface area contributed by atoms with Gasteiger partial charge in [-0.1, -0.05) is 36.5 Å². The van der Waals surface area contributed by atoms with Crippen molar-refractivity contribution in [3.63, 3.8) is 0 Å². The van der Waals surface area contributed by atoms with Crippen LogP contribution < -0.4 is 4.72 Å². The van der Waals surface area contributed by atoms with E-state index in [1.165, 1.54) is 12.1 Å². The summed E-state index contributed by atoms with van der Waals surface area (Å²) in [5.74, 6) is -0.320. The molecule has 5 nitrogen and oxygen atoms in total. The summed E-state index contributed by atoms with van der Waals surface area (Å²) in [6, 6.07) is 2.33. The molecule has 1 rings (SSSR count). The maximum Gasteiger partial charge on any atom is 0.255 e. The van der Waals surface area contributed by atoms with Gasteiger partial charge in [0.15, 0.2) is 0 Å². The van der Waals surface area contributed by atoms with Crippen LogP contribution in [0.5, 0.6) is 0 Å². The number of carbonyl (C=O) groups excluding carboxylic acids is 1. The lowest BCUT2D eigenvalue weighted by atomic mass is 10.2. The van der Waals surface area contributed by atoms with Gasteiger partial charge in [-0.3, -0.25) is 4.79 Å². The molecule has 8 heteroatoms. The third-order valence-electron chi connectivity index (χ3n) is 3.67. The first-order chi connectivity index (χ1) is 11.2. The lowest BCUT2D eigenvalue weighted by Crippen LogP contribution is -2.33. The third kappa shape index (κ3) is 5.09. The summed E-state index contributed by atoms with van der Waals surface area (Å²) in [5.41, 5.74) is 0.133. The van der Waals surface area contributed by atoms with Crippen LogP contribution in [0.4, 0.5) is 0 Å². The number of amides is 1. The van der Waals surface area contributed by atoms with Gasteiger partial charge in [0, 0.05) is 19.1 Å². The highest BCUT2D eigenvalue weighted by Crippen LogP contribution is 2.29. The Morgan fingerprint density at radius 1 is 1.17 bits per heavy atom. The summed E-state index contributed by atoms with van der Waals surface area (Å²) in [7, 11) is -3.84. The maximum atomic E-state index is 12.6. The van der Waals surface area contributed by atoms with Gasteiger partial charge in [-0.05, 0) is 39.3 Å². The Balaban J connectivity index is 3.31. The number of rotatable bonds is 8. The van der Waals surface area contributed by atoms with Crippen molar-refractivity contribution in [1.82, 2.24) is 9.62 Å². The topological polar surface area (TPSA) is 66.5 Å². The Hall–Kier alpha value is -0.820. The predicted molar refractivity (Wildman–Crippen MR) is 98.4 cm³/mol. The predicted octanol–water partition coefficient (Wildman–Crippen LogP) is 3.94. The Kier molecular flexibility index (Phi) is 7.99. The molecule has 1 aromatic carbocycles. The van der Waals surface area contributed by atoms with Crippen LogP contribution in [0.2, 0.25) is 10.0 Å². The van der Waals surface area contributed by atoms with E-state index in [0.717, 1.165) is 6.42 Å². The number of halogens is 2. The van der Waals surface area contributed by atoms with Gasteiger partial charge in [0.05, 0.1) is 15.6 Å². The van der Waals surface area contributed by atoms with Crippen molar-refractivity contribution in [2.24, 2.45) is 0 Å². The van der Waals surface area contributed by atoms with Crippen molar-refractivity contribution in [3.05, 3.63) is 27.7 Å². The molecule has 1 N–H and O–H groups in total. The Bertz CT molecular complexity index is 689. The van der Waals surface area contributed by atoms with E-state index in [0.29, 0.717) is 19.5 Å². The molecule has 0 spiro atoms. The molecular weight excluding hydrogens is 371 g/mol. The van der Waals surface area contributed by atoms with Crippen LogP contribution in [-0.4, -0.2) is 38.4 Å². The molecule has 1 unspecified atom stereocenters. The summed E-state index contributed by atoms with van der Waals surface area (Å²) in [4.78, 5) is 14.0. The molecule has 0 fully saturated rings. The van der Waals surface area contributed by atoms with Gasteiger partial charge in [0.25, 0.3) is 5.91 Å². The number of benzene rings is 1. The van der Waals surface area contributed by atoms with Gasteiger partial charge in [-0.2, -0.15) is 0 Å². The average molecular weight is 395 g/mol. The highest BCUT2D eigenvalue weighted by molar-refractivity contribution is 7.89. The molecule has 0 aliphatic carbocycles. The highest BCUT2D eigenvalue weighted by Gasteiger charge is 2.25. The molecule has 0 heterocycles. The zero-order valence-electron chi connectivity index (χ0n) is 14.4. The van der Waals surface area contributed by atoms with Gasteiger partial charge in [-0.25, -0.2) is 13.1 Å². The normalized spacial score (nSPS) is 12.9. The number of sulfonamides is 1. The first-order valence-electron chi connectivity index (χ1n) is 7.98. The first kappa shape index (κ1) is 21.2. The zero-order valence-corrected chi connectivity index (χ0v) is 16.7. The zero-order chi connectivity index (χ0) is 18.5. The van der Waals surface area contributed by atoms with Crippen LogP contribution in [-0.2, 0) is 10.0 Å². The van der Waals surface area contributed by atoms with E-state index < -0.39 is 10.0 Å². The molecular formula is C16H24Cl2N2O3S. The largest absolute Gasteiger partial charge is 0.339 e. The van der Waals surface area contributed by atoms with Crippen LogP contribution in [0, 0.1) is 0 Å². The molecule has 1 aromatic rings. The number of nitrogens with one attached hydrogen (secondary N) is 1. The molecule has 0 bridgehead atoms. The summed E-state index contributed by atoms with van der Waals surface area (Å²) in [6.07, 6.45) is 1.55. The van der Waals surface area contributed by atoms with E-state index in [2.05, 4.69) is 4.72 Å². The summed E-state index contributed by atoms with van der Waals surface area (Å²) >= 11 is 12.2. The Morgan fingerprint density at radius 2 is 1.75 bits per heavy atom. The molecule has 24 heavy (non-hydrogen) atoms. The van der Waals surface area contributed by atoms with E-state index in [1.54, 1.807) is 11.8 Å². The standard InChI is InChI=1S/C16H24Cl2N2O3S/c1-5-8-11(4)19-24(22,23)15-9-12(13(17)10-14(15)18)16(21)20(6-2)7-3/h9-11,19H,5-8H2,1-4H3. The summed E-state index contributed by atoms with van der Waals surface area (Å²) in [5, 5.41) is 0.129. The molecule has 0 radical (unpaired) electrons. The number of nitrogens with zero attached hydrogens (tertiary/aromatic N) is 1. The van der Waals surface area contributed by atoms with Crippen molar-refractivity contribution in [2.45, 2.75) is 51.5 Å². The van der Waals surface area contributed by atoms with E-state index >= 15 is 0 Å². The van der Waals surface area contributed by atoms with Crippen molar-refractivity contribution >= 4 is 39.1 Å². The van der Waals surface area contributed by atoms with Crippen LogP contribution in [0.25, 0.3) is 0 Å². The van der Waals surface area contributed by atoms with Crippen LogP contribution >= 0.6 is 23.2 Å². The lowest BCUT2D eigenvalue weighted by molar-refractivity contribution is 0.0773. The molecule has 1 amide bonds. The minimum Gasteiger partial charge on any atom is -0.339 e. The molecule has 1 atom stereocenters. The van der Waals surface area contributed by atoms with E-state index in [-0.39, 0.29) is 32.5 Å². The monoisotopic (exact) mass is 394 g/mol. The molecule has 0 saturated carbocycles. The lowest BCUT2D eigenvalue weighted by Gasteiger charge is -2.20. The fraction of sp³-hybridized carbons (Fsp3) is 0.562. The molecule has 0 aromatic heterocycles. The fourth-order valence-electron chi connectivity index (χ4n) is 2.40. The number of hydrogen-bond acceptors (Lipinski definition) is 3. The maximum absolute atomic E-state index is 12.6. The first-order valence-corrected chi connectivity index (χ1v) is 10.2. The van der Waals surface area contributed by atoms with Crippen molar-refractivity contribution < 1.29 is 13.2 Å². The van der Waals surface area contributed by atoms with Gasteiger partial charge in [-0.15, -0.1) is 0 Å². The molecule has 136 valence electrons. The van der Waals surface area contributed by atoms with E-state index in [9.17, 15) is 13.2 Å². The quantitative estimate of drug-likeness (QED) is 0.725. The minimum absolute atomic E-state index is 0.00713. The van der Waals surface area contributed by atoms with Gasteiger partial charge < -0.3 is 4.90 Å². The van der Waals surface area contributed by atoms with Gasteiger partial charge in [0.2, 0.25) is 10.0 Å². The average Bonchev–Trinajstić information content (AvgIpc) is 2.47. The van der Waals surface area contributed by atoms with Crippen LogP contribution in [0.15, 0.2) is 17.0 Å². The fourth-order valence-corrected chi connectivity index (χ4v) is 4.53. The Morgan fingerprint density at radius 3 is 2.25 bits per heavy atom. The molecule has 0 saturated heterocycles. The molecule has 0 aliphatic rings. The third-order valence-corrected chi connectivity index (χ3v) is 6.04. The van der Waals surface area contributed by atoms with E-state index in [1.807, 2.05) is 20.8 Å². The number of carbonyl (C=O) groups is 1. The van der Waals surface area contributed by atoms with Gasteiger partial charge in [0.1, 0.15) is 4.90 Å². The van der Waals surface area contributed by atoms with Crippen molar-refractivity contribution in [3.8, 4) is 0 Å². The smallest absolute Gasteiger partial charge is 0.255 e. The number of hydrogen-bond donors (Lipinski definition) is 1. The van der Waals surface area contributed by atoms with Crippen LogP contribution in [0.1, 0.15) is 50.9 Å². The Labute approximate surface area is 154 Å². The SMILES string of the molecule is CCCC(C)NS(=O)(=O)c1cc(C(=O)N(CC)CC)c(Cl)cc1Cl. The van der Waals surface area contributed by atoms with Crippen molar-refractivity contribution in [2.75, 3.05) is 13.1 Å². The second-order valence-corrected chi connectivity index (χ2v) is 8.05. The summed E-state index contributed by atoms with van der Waals surface area (Å²) < 4.78 is 27.7. The van der Waals surface area contributed by atoms with E-state index in [4.69, 9.17) is 23.2 Å². The molecule has 0 aliphatic heterocycles. The minimum atomic E-state index is -3.84. The van der Waals surface area contributed by atoms with Crippen molar-refractivity contribution in [1.29, 1.82) is 0 Å². The second kappa shape index (κ2) is 9.04. The van der Waals surface area contributed by atoms with Gasteiger partial charge >= 0.3 is 0 Å². The second-order valence-electron chi connectivity index (χ2n) is 5.55. The summed E-state index contributed by atoms with van der Waals surface area (Å²) in [6.45, 7) is 8.45. The van der Waals surface area contributed by atoms with Crippen LogP contribution in [0.3, 0.4) is 0 Å². The highest BCUT2D eigenvalue weighted by atomic mass is 35.5.